The minimum Gasteiger partial charge on any atom is -0.506 e. The van der Waals surface area contributed by atoms with Crippen molar-refractivity contribution in [1.82, 2.24) is 9.97 Å². The van der Waals surface area contributed by atoms with Crippen LogP contribution in [0.25, 0.3) is 10.3 Å². The summed E-state index contributed by atoms with van der Waals surface area (Å²) in [7, 11) is 0. The Bertz CT molecular complexity index is 532. The van der Waals surface area contributed by atoms with Gasteiger partial charge in [-0.1, -0.05) is 18.3 Å². The largest absolute Gasteiger partial charge is 0.506 e. The van der Waals surface area contributed by atoms with Crippen molar-refractivity contribution >= 4 is 26.8 Å². The molecule has 0 spiro atoms. The molecular weight excluding hydrogens is 214 g/mol. The molecule has 0 aliphatic carbocycles. The number of nitrogens with one attached hydrogen (secondary N) is 2. The zero-order valence-corrected chi connectivity index (χ0v) is 9.02. The van der Waals surface area contributed by atoms with E-state index in [2.05, 4.69) is 22.2 Å². The molecule has 0 aromatic carbocycles. The smallest absolute Gasteiger partial charge is 0.253 e. The number of aromatic nitrogens is 2. The van der Waals surface area contributed by atoms with Crippen molar-refractivity contribution < 1.29 is 5.11 Å². The summed E-state index contributed by atoms with van der Waals surface area (Å²) in [5, 5.41) is 13.3. The number of hydrogen-bond donors (Lipinski definition) is 3. The number of nitrogens with zero attached hydrogens (tertiary/aromatic N) is 1. The van der Waals surface area contributed by atoms with E-state index in [1.165, 1.54) is 11.3 Å². The molecule has 0 unspecified atom stereocenters. The van der Waals surface area contributed by atoms with Crippen LogP contribution < -0.4 is 10.9 Å². The molecule has 3 N–H and O–H groups in total. The van der Waals surface area contributed by atoms with Gasteiger partial charge in [-0.05, 0) is 6.42 Å². The van der Waals surface area contributed by atoms with Crippen LogP contribution in [0.3, 0.4) is 0 Å². The summed E-state index contributed by atoms with van der Waals surface area (Å²) in [5.74, 6) is -0.0178. The van der Waals surface area contributed by atoms with E-state index in [9.17, 15) is 9.90 Å². The molecule has 2 heterocycles. The number of fused-ring (bicyclic) bond motifs is 1. The molecule has 15 heavy (non-hydrogen) atoms. The van der Waals surface area contributed by atoms with Crippen LogP contribution in [-0.4, -0.2) is 21.6 Å². The van der Waals surface area contributed by atoms with Gasteiger partial charge in [0.2, 0.25) is 0 Å². The van der Waals surface area contributed by atoms with E-state index in [0.717, 1.165) is 19.0 Å². The first kappa shape index (κ1) is 9.97. The van der Waals surface area contributed by atoms with Crippen molar-refractivity contribution in [2.75, 3.05) is 11.9 Å². The summed E-state index contributed by atoms with van der Waals surface area (Å²) in [6, 6.07) is 1.16. The van der Waals surface area contributed by atoms with Crippen molar-refractivity contribution in [3.63, 3.8) is 0 Å². The minimum atomic E-state index is -0.340. The highest BCUT2D eigenvalue weighted by molar-refractivity contribution is 7.22. The second-order valence-corrected chi connectivity index (χ2v) is 4.14. The van der Waals surface area contributed by atoms with Gasteiger partial charge in [0, 0.05) is 12.6 Å². The third-order valence-electron chi connectivity index (χ3n) is 1.90. The van der Waals surface area contributed by atoms with Gasteiger partial charge in [-0.2, -0.15) is 0 Å². The molecule has 5 nitrogen and oxygen atoms in total. The maximum absolute atomic E-state index is 11.1. The van der Waals surface area contributed by atoms with Gasteiger partial charge in [0.15, 0.2) is 10.8 Å². The first-order valence-corrected chi connectivity index (χ1v) is 5.49. The average molecular weight is 225 g/mol. The second-order valence-electron chi connectivity index (χ2n) is 3.14. The quantitative estimate of drug-likeness (QED) is 0.740. The normalized spacial score (nSPS) is 10.7. The van der Waals surface area contributed by atoms with E-state index in [1.807, 2.05) is 0 Å². The summed E-state index contributed by atoms with van der Waals surface area (Å²) >= 11 is 1.33. The third-order valence-corrected chi connectivity index (χ3v) is 2.93. The van der Waals surface area contributed by atoms with Gasteiger partial charge in [0.1, 0.15) is 10.4 Å². The topological polar surface area (TPSA) is 78.0 Å². The zero-order valence-electron chi connectivity index (χ0n) is 8.20. The Kier molecular flexibility index (Phi) is 2.59. The summed E-state index contributed by atoms with van der Waals surface area (Å²) in [5.41, 5.74) is 0.0935. The molecule has 0 aliphatic rings. The Balaban J connectivity index is 2.46. The number of thiazole rings is 1. The summed E-state index contributed by atoms with van der Waals surface area (Å²) in [4.78, 5) is 17.8. The van der Waals surface area contributed by atoms with E-state index in [1.54, 1.807) is 0 Å². The van der Waals surface area contributed by atoms with E-state index in [-0.39, 0.29) is 11.3 Å². The molecule has 0 aliphatic heterocycles. The van der Waals surface area contributed by atoms with Gasteiger partial charge in [-0.15, -0.1) is 0 Å². The third kappa shape index (κ3) is 1.94. The van der Waals surface area contributed by atoms with Crippen LogP contribution in [0, 0.1) is 0 Å². The number of H-pyrrole nitrogens is 1. The first-order chi connectivity index (χ1) is 7.20. The van der Waals surface area contributed by atoms with Gasteiger partial charge >= 0.3 is 0 Å². The molecule has 0 bridgehead atoms. The zero-order chi connectivity index (χ0) is 10.8. The Morgan fingerprint density at radius 2 is 2.47 bits per heavy atom. The number of rotatable bonds is 3. The predicted octanol–water partition coefficient (Wildman–Crippen LogP) is 1.51. The first-order valence-electron chi connectivity index (χ1n) is 4.67. The van der Waals surface area contributed by atoms with Gasteiger partial charge in [0.05, 0.1) is 0 Å². The fraction of sp³-hybridized carbons (Fsp3) is 0.333. The minimum absolute atomic E-state index is 0.0178. The van der Waals surface area contributed by atoms with Crippen LogP contribution in [0.5, 0.6) is 5.75 Å². The Morgan fingerprint density at radius 1 is 1.67 bits per heavy atom. The van der Waals surface area contributed by atoms with Gasteiger partial charge in [0.25, 0.3) is 5.56 Å². The number of anilines is 1. The van der Waals surface area contributed by atoms with Crippen molar-refractivity contribution in [2.24, 2.45) is 0 Å². The molecular formula is C9H11N3O2S. The predicted molar refractivity (Wildman–Crippen MR) is 60.7 cm³/mol. The maximum Gasteiger partial charge on any atom is 0.253 e. The van der Waals surface area contributed by atoms with E-state index in [0.29, 0.717) is 15.5 Å². The highest BCUT2D eigenvalue weighted by Crippen LogP contribution is 2.30. The van der Waals surface area contributed by atoms with Crippen LogP contribution in [0.4, 0.5) is 5.13 Å². The monoisotopic (exact) mass is 225 g/mol. The molecule has 6 heteroatoms. The van der Waals surface area contributed by atoms with Crippen LogP contribution in [0.1, 0.15) is 13.3 Å². The van der Waals surface area contributed by atoms with Gasteiger partial charge < -0.3 is 15.4 Å². The second kappa shape index (κ2) is 3.90. The van der Waals surface area contributed by atoms with E-state index < -0.39 is 0 Å². The number of aromatic hydroxyl groups is 1. The van der Waals surface area contributed by atoms with Crippen LogP contribution in [0.15, 0.2) is 10.9 Å². The molecule has 2 aromatic heterocycles. The summed E-state index contributed by atoms with van der Waals surface area (Å²) < 4.78 is 0.605. The number of hydrogen-bond acceptors (Lipinski definition) is 5. The van der Waals surface area contributed by atoms with Crippen LogP contribution >= 0.6 is 11.3 Å². The van der Waals surface area contributed by atoms with E-state index in [4.69, 9.17) is 0 Å². The lowest BCUT2D eigenvalue weighted by atomic mass is 10.4. The fourth-order valence-corrected chi connectivity index (χ4v) is 2.09. The van der Waals surface area contributed by atoms with Crippen molar-refractivity contribution in [2.45, 2.75) is 13.3 Å². The standard InChI is InChI=1S/C9H11N3O2S/c1-2-3-10-9-12-8-7(15-9)5(13)4-6(14)11-8/h4H,2-3H2,1H3,(H3,10,11,12,13,14). The maximum atomic E-state index is 11.1. The summed E-state index contributed by atoms with van der Waals surface area (Å²) in [6.07, 6.45) is 0.998. The lowest BCUT2D eigenvalue weighted by molar-refractivity contribution is 0.481. The number of pyridine rings is 1. The van der Waals surface area contributed by atoms with Crippen LogP contribution in [0.2, 0.25) is 0 Å². The molecule has 0 saturated heterocycles. The van der Waals surface area contributed by atoms with Gasteiger partial charge in [-0.3, -0.25) is 4.79 Å². The Hall–Kier alpha value is -1.56. The summed E-state index contributed by atoms with van der Waals surface area (Å²) in [6.45, 7) is 2.88. The highest BCUT2D eigenvalue weighted by atomic mass is 32.1. The molecule has 2 rings (SSSR count). The van der Waals surface area contributed by atoms with Crippen LogP contribution in [-0.2, 0) is 0 Å². The SMILES string of the molecule is CCCNc1nc2[nH]c(=O)cc(O)c2s1. The Labute approximate surface area is 89.8 Å². The lowest BCUT2D eigenvalue weighted by Crippen LogP contribution is -2.02. The molecule has 0 fully saturated rings. The Morgan fingerprint density at radius 3 is 3.20 bits per heavy atom. The lowest BCUT2D eigenvalue weighted by Gasteiger charge is -1.95. The average Bonchev–Trinajstić information content (AvgIpc) is 2.57. The fourth-order valence-electron chi connectivity index (χ4n) is 1.23. The van der Waals surface area contributed by atoms with Crippen molar-refractivity contribution in [1.29, 1.82) is 0 Å². The molecule has 0 amide bonds. The molecule has 0 radical (unpaired) electrons. The van der Waals surface area contributed by atoms with Gasteiger partial charge in [-0.25, -0.2) is 4.98 Å². The molecule has 0 atom stereocenters. The highest BCUT2D eigenvalue weighted by Gasteiger charge is 2.08. The van der Waals surface area contributed by atoms with E-state index >= 15 is 0 Å². The molecule has 0 saturated carbocycles. The van der Waals surface area contributed by atoms with Crippen molar-refractivity contribution in [3.8, 4) is 5.75 Å². The molecule has 80 valence electrons. The molecule has 2 aromatic rings. The number of aromatic amines is 1. The van der Waals surface area contributed by atoms with Crippen molar-refractivity contribution in [3.05, 3.63) is 16.4 Å².